The van der Waals surface area contributed by atoms with Crippen molar-refractivity contribution in [3.05, 3.63) is 17.4 Å². The molecule has 0 saturated carbocycles. The molecule has 0 amide bonds. The molecule has 0 aliphatic rings. The molecule has 0 unspecified atom stereocenters. The number of fused-ring (bicyclic) bond motifs is 1. The maximum absolute atomic E-state index is 5.61. The molecule has 8 heteroatoms. The summed E-state index contributed by atoms with van der Waals surface area (Å²) in [4.78, 5) is 19.4. The van der Waals surface area contributed by atoms with Gasteiger partial charge < -0.3 is 16.0 Å². The smallest absolute Gasteiger partial charge is 0.224 e. The number of aromatic amines is 1. The zero-order chi connectivity index (χ0) is 11.8. The molecule has 0 aliphatic heterocycles. The van der Waals surface area contributed by atoms with Crippen LogP contribution >= 0.6 is 11.3 Å². The molecule has 0 aromatic carbocycles. The summed E-state index contributed by atoms with van der Waals surface area (Å²) in [7, 11) is 0. The summed E-state index contributed by atoms with van der Waals surface area (Å²) in [6.07, 6.45) is 1.55. The van der Waals surface area contributed by atoms with E-state index in [0.717, 1.165) is 10.8 Å². The monoisotopic (exact) mass is 247 g/mol. The fourth-order valence-electron chi connectivity index (χ4n) is 1.45. The fraction of sp³-hybridized carbons (Fsp3) is 0.111. The van der Waals surface area contributed by atoms with Gasteiger partial charge in [-0.2, -0.15) is 9.97 Å². The van der Waals surface area contributed by atoms with Crippen LogP contribution in [0.1, 0.15) is 5.69 Å². The molecule has 3 rings (SSSR count). The van der Waals surface area contributed by atoms with Gasteiger partial charge in [0.1, 0.15) is 5.52 Å². The first kappa shape index (κ1) is 9.97. The summed E-state index contributed by atoms with van der Waals surface area (Å²) in [5, 5.41) is 5.82. The van der Waals surface area contributed by atoms with E-state index in [4.69, 9.17) is 5.73 Å². The maximum Gasteiger partial charge on any atom is 0.224 e. The number of aromatic nitrogens is 5. The normalized spacial score (nSPS) is 10.9. The van der Waals surface area contributed by atoms with Gasteiger partial charge in [-0.15, -0.1) is 11.3 Å². The van der Waals surface area contributed by atoms with Crippen LogP contribution in [0.4, 0.5) is 16.9 Å². The first-order valence-corrected chi connectivity index (χ1v) is 5.76. The van der Waals surface area contributed by atoms with Crippen LogP contribution in [0.25, 0.3) is 11.2 Å². The molecule has 17 heavy (non-hydrogen) atoms. The summed E-state index contributed by atoms with van der Waals surface area (Å²) in [6, 6.07) is 0. The van der Waals surface area contributed by atoms with E-state index in [2.05, 4.69) is 30.2 Å². The van der Waals surface area contributed by atoms with Gasteiger partial charge in [0.05, 0.1) is 12.0 Å². The average Bonchev–Trinajstić information content (AvgIpc) is 2.87. The van der Waals surface area contributed by atoms with Gasteiger partial charge >= 0.3 is 0 Å². The predicted octanol–water partition coefficient (Wildman–Crippen LogP) is 1.44. The Kier molecular flexibility index (Phi) is 2.15. The maximum atomic E-state index is 5.61. The van der Waals surface area contributed by atoms with Gasteiger partial charge in [-0.05, 0) is 6.92 Å². The summed E-state index contributed by atoms with van der Waals surface area (Å²) >= 11 is 1.50. The average molecular weight is 247 g/mol. The van der Waals surface area contributed by atoms with Crippen molar-refractivity contribution in [2.75, 3.05) is 11.1 Å². The van der Waals surface area contributed by atoms with Crippen LogP contribution < -0.4 is 11.1 Å². The number of nitrogens with two attached hydrogens (primary N) is 1. The summed E-state index contributed by atoms with van der Waals surface area (Å²) in [5.74, 6) is 0.764. The third-order valence-electron chi connectivity index (χ3n) is 2.15. The highest BCUT2D eigenvalue weighted by atomic mass is 32.1. The highest BCUT2D eigenvalue weighted by molar-refractivity contribution is 7.13. The Balaban J connectivity index is 2.07. The summed E-state index contributed by atoms with van der Waals surface area (Å²) < 4.78 is 0. The standard InChI is InChI=1S/C9H9N7S/c1-4-2-17-9(13-4)16-7-5-6(12-3-11-5)14-8(10)15-7/h2-3H,1H3,(H4,10,11,12,13,14,15,16). The van der Waals surface area contributed by atoms with E-state index in [1.165, 1.54) is 11.3 Å². The molecule has 3 aromatic heterocycles. The number of nitrogens with one attached hydrogen (secondary N) is 2. The molecular weight excluding hydrogens is 238 g/mol. The van der Waals surface area contributed by atoms with E-state index < -0.39 is 0 Å². The fourth-order valence-corrected chi connectivity index (χ4v) is 2.14. The molecule has 4 N–H and O–H groups in total. The Labute approximate surface area is 100 Å². The highest BCUT2D eigenvalue weighted by Crippen LogP contribution is 2.24. The van der Waals surface area contributed by atoms with E-state index in [9.17, 15) is 0 Å². The van der Waals surface area contributed by atoms with E-state index >= 15 is 0 Å². The molecule has 3 heterocycles. The molecule has 86 valence electrons. The second-order valence-corrected chi connectivity index (χ2v) is 4.31. The second kappa shape index (κ2) is 3.67. The Bertz CT molecular complexity index is 671. The molecule has 0 spiro atoms. The van der Waals surface area contributed by atoms with Crippen molar-refractivity contribution in [1.29, 1.82) is 0 Å². The number of anilines is 3. The largest absolute Gasteiger partial charge is 0.368 e. The van der Waals surface area contributed by atoms with Crippen LogP contribution in [0.15, 0.2) is 11.7 Å². The number of imidazole rings is 1. The predicted molar refractivity (Wildman–Crippen MR) is 66.2 cm³/mol. The van der Waals surface area contributed by atoms with E-state index in [-0.39, 0.29) is 5.95 Å². The molecule has 3 aromatic rings. The van der Waals surface area contributed by atoms with Crippen molar-refractivity contribution in [3.63, 3.8) is 0 Å². The van der Waals surface area contributed by atoms with Crippen molar-refractivity contribution in [1.82, 2.24) is 24.9 Å². The number of thiazole rings is 1. The lowest BCUT2D eigenvalue weighted by atomic mass is 10.5. The van der Waals surface area contributed by atoms with Crippen LogP contribution in [0.3, 0.4) is 0 Å². The number of H-pyrrole nitrogens is 1. The third-order valence-corrected chi connectivity index (χ3v) is 3.02. The van der Waals surface area contributed by atoms with Crippen molar-refractivity contribution in [2.24, 2.45) is 0 Å². The van der Waals surface area contributed by atoms with E-state index in [0.29, 0.717) is 17.0 Å². The van der Waals surface area contributed by atoms with Gasteiger partial charge in [-0.1, -0.05) is 0 Å². The van der Waals surface area contributed by atoms with Crippen molar-refractivity contribution >= 4 is 39.4 Å². The molecule has 0 atom stereocenters. The zero-order valence-electron chi connectivity index (χ0n) is 8.93. The molecule has 7 nitrogen and oxygen atoms in total. The minimum Gasteiger partial charge on any atom is -0.368 e. The van der Waals surface area contributed by atoms with Gasteiger partial charge in [-0.3, -0.25) is 0 Å². The van der Waals surface area contributed by atoms with Crippen LogP contribution in [0.2, 0.25) is 0 Å². The lowest BCUT2D eigenvalue weighted by Crippen LogP contribution is -2.01. The summed E-state index contributed by atoms with van der Waals surface area (Å²) in [5.41, 5.74) is 7.82. The van der Waals surface area contributed by atoms with Gasteiger partial charge in [0.25, 0.3) is 0 Å². The third kappa shape index (κ3) is 1.78. The first-order valence-electron chi connectivity index (χ1n) is 4.88. The summed E-state index contributed by atoms with van der Waals surface area (Å²) in [6.45, 7) is 1.93. The van der Waals surface area contributed by atoms with Gasteiger partial charge in [0.2, 0.25) is 5.95 Å². The minimum atomic E-state index is 0.181. The highest BCUT2D eigenvalue weighted by Gasteiger charge is 2.09. The Morgan fingerprint density at radius 3 is 3.00 bits per heavy atom. The van der Waals surface area contributed by atoms with Gasteiger partial charge in [0, 0.05) is 5.38 Å². The first-order chi connectivity index (χ1) is 8.22. The van der Waals surface area contributed by atoms with Crippen LogP contribution in [-0.2, 0) is 0 Å². The number of nitrogens with zero attached hydrogens (tertiary/aromatic N) is 4. The minimum absolute atomic E-state index is 0.181. The number of nitrogen functional groups attached to an aromatic ring is 1. The van der Waals surface area contributed by atoms with Crippen LogP contribution in [0.5, 0.6) is 0 Å². The molecule has 0 fully saturated rings. The number of aryl methyl sites for hydroxylation is 1. The van der Waals surface area contributed by atoms with Crippen molar-refractivity contribution < 1.29 is 0 Å². The van der Waals surface area contributed by atoms with Crippen molar-refractivity contribution in [3.8, 4) is 0 Å². The lowest BCUT2D eigenvalue weighted by Gasteiger charge is -2.03. The van der Waals surface area contributed by atoms with Crippen LogP contribution in [-0.4, -0.2) is 24.9 Å². The quantitative estimate of drug-likeness (QED) is 0.632. The molecule has 0 saturated heterocycles. The Morgan fingerprint density at radius 1 is 1.35 bits per heavy atom. The SMILES string of the molecule is Cc1csc(Nc2nc(N)nc3nc[nH]c23)n1. The van der Waals surface area contributed by atoms with Gasteiger partial charge in [0.15, 0.2) is 16.6 Å². The Morgan fingerprint density at radius 2 is 2.24 bits per heavy atom. The zero-order valence-corrected chi connectivity index (χ0v) is 9.75. The lowest BCUT2D eigenvalue weighted by molar-refractivity contribution is 1.20. The number of hydrogen-bond donors (Lipinski definition) is 3. The Hall–Kier alpha value is -2.22. The molecule has 0 bridgehead atoms. The molecular formula is C9H9N7S. The molecule has 0 aliphatic carbocycles. The van der Waals surface area contributed by atoms with E-state index in [1.807, 2.05) is 12.3 Å². The molecule has 0 radical (unpaired) electrons. The van der Waals surface area contributed by atoms with Crippen LogP contribution in [0, 0.1) is 6.92 Å². The van der Waals surface area contributed by atoms with Crippen molar-refractivity contribution in [2.45, 2.75) is 6.92 Å². The number of rotatable bonds is 2. The van der Waals surface area contributed by atoms with E-state index in [1.54, 1.807) is 6.33 Å². The topological polar surface area (TPSA) is 105 Å². The van der Waals surface area contributed by atoms with Gasteiger partial charge in [-0.25, -0.2) is 9.97 Å². The second-order valence-electron chi connectivity index (χ2n) is 3.45. The number of hydrogen-bond acceptors (Lipinski definition) is 7.